The number of fused-ring (bicyclic) bond motifs is 1. The lowest BCUT2D eigenvalue weighted by atomic mass is 10.1. The summed E-state index contributed by atoms with van der Waals surface area (Å²) in [6.07, 6.45) is -5.03. The van der Waals surface area contributed by atoms with Crippen molar-refractivity contribution in [3.63, 3.8) is 0 Å². The zero-order valence-corrected chi connectivity index (χ0v) is 14.1. The van der Waals surface area contributed by atoms with Gasteiger partial charge in [-0.1, -0.05) is 12.1 Å². The number of esters is 1. The van der Waals surface area contributed by atoms with Crippen LogP contribution in [0.5, 0.6) is 0 Å². The number of hydrogen-bond acceptors (Lipinski definition) is 6. The van der Waals surface area contributed by atoms with Gasteiger partial charge in [-0.2, -0.15) is 22.8 Å². The van der Waals surface area contributed by atoms with Crippen LogP contribution in [0.3, 0.4) is 0 Å². The van der Waals surface area contributed by atoms with Gasteiger partial charge in [0.25, 0.3) is 11.2 Å². The maximum Gasteiger partial charge on any atom is 0.436 e. The van der Waals surface area contributed by atoms with E-state index >= 15 is 0 Å². The number of H-pyrrole nitrogens is 1. The summed E-state index contributed by atoms with van der Waals surface area (Å²) in [5.74, 6) is -1.33. The highest BCUT2D eigenvalue weighted by Crippen LogP contribution is 2.34. The fraction of sp³-hybridized carbons (Fsp3) is 0.188. The molecule has 0 fully saturated rings. The fourth-order valence-electron chi connectivity index (χ4n) is 2.64. The second-order valence-corrected chi connectivity index (χ2v) is 5.50. The number of aromatic nitrogens is 3. The highest BCUT2D eigenvalue weighted by molar-refractivity contribution is 5.97. The quantitative estimate of drug-likeness (QED) is 0.411. The predicted octanol–water partition coefficient (Wildman–Crippen LogP) is 2.79. The highest BCUT2D eigenvalue weighted by Gasteiger charge is 2.41. The van der Waals surface area contributed by atoms with Gasteiger partial charge in [-0.05, 0) is 13.0 Å². The lowest BCUT2D eigenvalue weighted by molar-refractivity contribution is -0.384. The summed E-state index contributed by atoms with van der Waals surface area (Å²) in [7, 11) is 0. The molecule has 0 saturated heterocycles. The third-order valence-corrected chi connectivity index (χ3v) is 3.75. The first-order valence-electron chi connectivity index (χ1n) is 7.79. The van der Waals surface area contributed by atoms with Crippen molar-refractivity contribution in [2.24, 2.45) is 0 Å². The van der Waals surface area contributed by atoms with Crippen LogP contribution in [-0.4, -0.2) is 32.1 Å². The van der Waals surface area contributed by atoms with E-state index in [1.807, 2.05) is 0 Å². The smallest absolute Gasteiger partial charge is 0.436 e. The standard InChI is InChI=1S/C16H11F3N4O5/c1-2-28-15(25)12-13(16(17,18)19)21-22-11(24)7-9(20-14(12)22)8-5-3-4-6-10(8)23(26)27/h3-7,20H,2H2,1H3. The van der Waals surface area contributed by atoms with Crippen LogP contribution < -0.4 is 5.56 Å². The molecule has 0 aliphatic heterocycles. The van der Waals surface area contributed by atoms with E-state index in [-0.39, 0.29) is 23.6 Å². The molecule has 0 saturated carbocycles. The van der Waals surface area contributed by atoms with Gasteiger partial charge in [-0.3, -0.25) is 14.9 Å². The second kappa shape index (κ2) is 6.79. The van der Waals surface area contributed by atoms with E-state index in [9.17, 15) is 32.9 Å². The summed E-state index contributed by atoms with van der Waals surface area (Å²) < 4.78 is 45.0. The Kier molecular flexibility index (Phi) is 4.63. The largest absolute Gasteiger partial charge is 0.462 e. The van der Waals surface area contributed by atoms with Crippen LogP contribution >= 0.6 is 0 Å². The number of benzene rings is 1. The van der Waals surface area contributed by atoms with Crippen molar-refractivity contribution in [2.45, 2.75) is 13.1 Å². The van der Waals surface area contributed by atoms with Crippen molar-refractivity contribution >= 4 is 17.3 Å². The van der Waals surface area contributed by atoms with Crippen molar-refractivity contribution < 1.29 is 27.6 Å². The van der Waals surface area contributed by atoms with E-state index < -0.39 is 39.5 Å². The molecular weight excluding hydrogens is 385 g/mol. The van der Waals surface area contributed by atoms with E-state index in [1.54, 1.807) is 0 Å². The number of nitro groups is 1. The molecule has 0 aliphatic rings. The Morgan fingerprint density at radius 1 is 1.36 bits per heavy atom. The van der Waals surface area contributed by atoms with E-state index in [4.69, 9.17) is 0 Å². The number of nitrogens with one attached hydrogen (secondary N) is 1. The fourth-order valence-corrected chi connectivity index (χ4v) is 2.64. The van der Waals surface area contributed by atoms with Gasteiger partial charge >= 0.3 is 12.1 Å². The number of rotatable bonds is 4. The van der Waals surface area contributed by atoms with Crippen molar-refractivity contribution in [3.05, 3.63) is 62.1 Å². The zero-order valence-electron chi connectivity index (χ0n) is 14.1. The number of alkyl halides is 3. The Morgan fingerprint density at radius 2 is 2.04 bits per heavy atom. The molecule has 0 atom stereocenters. The summed E-state index contributed by atoms with van der Waals surface area (Å²) in [5.41, 5.74) is -4.74. The van der Waals surface area contributed by atoms with E-state index in [0.29, 0.717) is 4.52 Å². The number of carbonyl (C=O) groups excluding carboxylic acids is 1. The van der Waals surface area contributed by atoms with E-state index in [1.165, 1.54) is 31.2 Å². The molecule has 28 heavy (non-hydrogen) atoms. The first kappa shape index (κ1) is 19.1. The number of nitro benzene ring substituents is 1. The predicted molar refractivity (Wildman–Crippen MR) is 88.9 cm³/mol. The Bertz CT molecular complexity index is 1150. The Hall–Kier alpha value is -3.70. The molecule has 3 rings (SSSR count). The highest BCUT2D eigenvalue weighted by atomic mass is 19.4. The second-order valence-electron chi connectivity index (χ2n) is 5.50. The van der Waals surface area contributed by atoms with Gasteiger partial charge in [0.2, 0.25) is 0 Å². The van der Waals surface area contributed by atoms with E-state index in [0.717, 1.165) is 6.07 Å². The molecule has 0 amide bonds. The lowest BCUT2D eigenvalue weighted by Gasteiger charge is -2.07. The number of para-hydroxylation sites is 1. The monoisotopic (exact) mass is 396 g/mol. The Morgan fingerprint density at radius 3 is 2.64 bits per heavy atom. The van der Waals surface area contributed by atoms with Crippen molar-refractivity contribution in [3.8, 4) is 11.3 Å². The minimum Gasteiger partial charge on any atom is -0.462 e. The topological polar surface area (TPSA) is 120 Å². The van der Waals surface area contributed by atoms with Crippen molar-refractivity contribution in [1.82, 2.24) is 14.6 Å². The van der Waals surface area contributed by atoms with Gasteiger partial charge in [0.05, 0.1) is 22.8 Å². The average molecular weight is 396 g/mol. The summed E-state index contributed by atoms with van der Waals surface area (Å²) in [5, 5.41) is 14.4. The molecule has 0 radical (unpaired) electrons. The first-order valence-corrected chi connectivity index (χ1v) is 7.79. The minimum absolute atomic E-state index is 0.0448. The number of ether oxygens (including phenoxy) is 1. The van der Waals surface area contributed by atoms with Crippen molar-refractivity contribution in [1.29, 1.82) is 0 Å². The molecule has 1 aromatic carbocycles. The molecule has 3 aromatic rings. The lowest BCUT2D eigenvalue weighted by Crippen LogP contribution is -2.15. The third kappa shape index (κ3) is 3.19. The van der Waals surface area contributed by atoms with Gasteiger partial charge in [0.15, 0.2) is 11.3 Å². The number of halogens is 3. The van der Waals surface area contributed by atoms with Crippen molar-refractivity contribution in [2.75, 3.05) is 6.61 Å². The van der Waals surface area contributed by atoms with Gasteiger partial charge in [-0.25, -0.2) is 4.79 Å². The third-order valence-electron chi connectivity index (χ3n) is 3.75. The minimum atomic E-state index is -5.03. The van der Waals surface area contributed by atoms with Gasteiger partial charge in [0.1, 0.15) is 5.56 Å². The summed E-state index contributed by atoms with van der Waals surface area (Å²) in [6.45, 7) is 1.19. The van der Waals surface area contributed by atoms with Gasteiger partial charge < -0.3 is 9.72 Å². The average Bonchev–Trinajstić information content (AvgIpc) is 3.02. The molecule has 2 aromatic heterocycles. The van der Waals surface area contributed by atoms with Crippen LogP contribution in [0, 0.1) is 10.1 Å². The van der Waals surface area contributed by atoms with Gasteiger partial charge in [-0.15, -0.1) is 0 Å². The molecule has 0 bridgehead atoms. The number of hydrogen-bond donors (Lipinski definition) is 1. The Balaban J connectivity index is 2.37. The summed E-state index contributed by atoms with van der Waals surface area (Å²) in [4.78, 5) is 37.4. The number of nitrogens with zero attached hydrogens (tertiary/aromatic N) is 3. The van der Waals surface area contributed by atoms with Crippen LogP contribution in [0.1, 0.15) is 23.0 Å². The molecule has 146 valence electrons. The zero-order chi connectivity index (χ0) is 20.6. The van der Waals surface area contributed by atoms with E-state index in [2.05, 4.69) is 14.8 Å². The first-order chi connectivity index (χ1) is 13.1. The molecule has 2 heterocycles. The SMILES string of the molecule is CCOC(=O)c1c(C(F)(F)F)nn2c(=O)cc(-c3ccccc3[N+](=O)[O-])[nH]c12. The van der Waals surface area contributed by atoms with Crippen LogP contribution in [0.2, 0.25) is 0 Å². The summed E-state index contributed by atoms with van der Waals surface area (Å²) in [6, 6.07) is 6.18. The van der Waals surface area contributed by atoms with Crippen LogP contribution in [0.15, 0.2) is 35.1 Å². The summed E-state index contributed by atoms with van der Waals surface area (Å²) >= 11 is 0. The molecule has 12 heteroatoms. The normalized spacial score (nSPS) is 11.6. The Labute approximate surface area is 153 Å². The number of aromatic amines is 1. The maximum atomic E-state index is 13.3. The molecule has 9 nitrogen and oxygen atoms in total. The van der Waals surface area contributed by atoms with Crippen LogP contribution in [0.25, 0.3) is 16.9 Å². The van der Waals surface area contributed by atoms with Gasteiger partial charge in [0, 0.05) is 12.1 Å². The van der Waals surface area contributed by atoms with Crippen LogP contribution in [-0.2, 0) is 10.9 Å². The maximum absolute atomic E-state index is 13.3. The van der Waals surface area contributed by atoms with Crippen LogP contribution in [0.4, 0.5) is 18.9 Å². The molecular formula is C16H11F3N4O5. The number of carbonyl (C=O) groups is 1. The molecule has 0 spiro atoms. The molecule has 1 N–H and O–H groups in total. The molecule has 0 unspecified atom stereocenters. The molecule has 0 aliphatic carbocycles.